The van der Waals surface area contributed by atoms with Crippen molar-refractivity contribution in [2.75, 3.05) is 5.32 Å². The highest BCUT2D eigenvalue weighted by Gasteiger charge is 2.10. The number of hydrogen-bond acceptors (Lipinski definition) is 2. The van der Waals surface area contributed by atoms with Gasteiger partial charge in [0.2, 0.25) is 5.91 Å². The van der Waals surface area contributed by atoms with Gasteiger partial charge in [0.1, 0.15) is 11.4 Å². The maximum Gasteiger partial charge on any atom is 0.339 e. The van der Waals surface area contributed by atoms with Gasteiger partial charge >= 0.3 is 5.97 Å². The Bertz CT molecular complexity index is 316. The summed E-state index contributed by atoms with van der Waals surface area (Å²) in [6.45, 7) is 1.31. The lowest BCUT2D eigenvalue weighted by atomic mass is 10.3. The third-order valence-corrected chi connectivity index (χ3v) is 1.28. The molecule has 0 spiro atoms. The molecular weight excluding hydrogens is 160 g/mol. The first kappa shape index (κ1) is 8.32. The Hall–Kier alpha value is -1.78. The summed E-state index contributed by atoms with van der Waals surface area (Å²) in [5, 5.41) is 11.0. The molecule has 0 aromatic carbocycles. The molecule has 3 N–H and O–H groups in total. The standard InChI is InChI=1S/C7H8N2O3/c1-4(10)9-6-5(7(11)12)2-3-8-6/h2-3,8H,1H3,(H,9,10)(H,11,12). The minimum Gasteiger partial charge on any atom is -0.478 e. The fourth-order valence-electron chi connectivity index (χ4n) is 0.827. The highest BCUT2D eigenvalue weighted by atomic mass is 16.4. The highest BCUT2D eigenvalue weighted by molar-refractivity contribution is 5.98. The predicted molar refractivity (Wildman–Crippen MR) is 42.1 cm³/mol. The molecule has 5 nitrogen and oxygen atoms in total. The molecule has 1 heterocycles. The van der Waals surface area contributed by atoms with E-state index in [2.05, 4.69) is 10.3 Å². The van der Waals surface area contributed by atoms with Gasteiger partial charge in [0.15, 0.2) is 0 Å². The number of anilines is 1. The summed E-state index contributed by atoms with van der Waals surface area (Å²) in [5.74, 6) is -1.16. The van der Waals surface area contributed by atoms with Gasteiger partial charge in [-0.3, -0.25) is 4.79 Å². The normalized spacial score (nSPS) is 9.42. The van der Waals surface area contributed by atoms with Gasteiger partial charge in [-0.15, -0.1) is 0 Å². The van der Waals surface area contributed by atoms with E-state index in [0.717, 1.165) is 0 Å². The summed E-state index contributed by atoms with van der Waals surface area (Å²) in [6.07, 6.45) is 1.45. The number of carboxylic acid groups (broad SMARTS) is 1. The highest BCUT2D eigenvalue weighted by Crippen LogP contribution is 2.11. The molecular formula is C7H8N2O3. The Morgan fingerprint density at radius 1 is 1.58 bits per heavy atom. The number of H-pyrrole nitrogens is 1. The average molecular weight is 168 g/mol. The van der Waals surface area contributed by atoms with Crippen molar-refractivity contribution >= 4 is 17.7 Å². The summed E-state index contributed by atoms with van der Waals surface area (Å²) in [4.78, 5) is 23.7. The van der Waals surface area contributed by atoms with Crippen LogP contribution in [0.1, 0.15) is 17.3 Å². The summed E-state index contributed by atoms with van der Waals surface area (Å²) in [5.41, 5.74) is 0.0604. The fourth-order valence-corrected chi connectivity index (χ4v) is 0.827. The number of aromatic nitrogens is 1. The van der Waals surface area contributed by atoms with Crippen molar-refractivity contribution in [3.05, 3.63) is 17.8 Å². The van der Waals surface area contributed by atoms with Crippen LogP contribution in [0.15, 0.2) is 12.3 Å². The molecule has 0 aliphatic heterocycles. The van der Waals surface area contributed by atoms with Crippen molar-refractivity contribution < 1.29 is 14.7 Å². The molecule has 0 bridgehead atoms. The van der Waals surface area contributed by atoms with Crippen LogP contribution in [-0.2, 0) is 4.79 Å². The summed E-state index contributed by atoms with van der Waals surface area (Å²) in [7, 11) is 0. The van der Waals surface area contributed by atoms with Gasteiger partial charge in [-0.1, -0.05) is 0 Å². The number of rotatable bonds is 2. The SMILES string of the molecule is CC(=O)Nc1[nH]ccc1C(=O)O. The van der Waals surface area contributed by atoms with Crippen LogP contribution in [0.3, 0.4) is 0 Å². The van der Waals surface area contributed by atoms with Crippen LogP contribution >= 0.6 is 0 Å². The minimum atomic E-state index is -1.07. The quantitative estimate of drug-likeness (QED) is 0.607. The minimum absolute atomic E-state index is 0.0604. The lowest BCUT2D eigenvalue weighted by molar-refractivity contribution is -0.114. The van der Waals surface area contributed by atoms with Crippen LogP contribution in [0, 0.1) is 0 Å². The number of nitrogens with one attached hydrogen (secondary N) is 2. The maximum atomic E-state index is 10.6. The Kier molecular flexibility index (Phi) is 2.14. The monoisotopic (exact) mass is 168 g/mol. The topological polar surface area (TPSA) is 82.2 Å². The van der Waals surface area contributed by atoms with E-state index in [0.29, 0.717) is 0 Å². The first-order valence-corrected chi connectivity index (χ1v) is 3.29. The number of carbonyl (C=O) groups excluding carboxylic acids is 1. The molecule has 5 heteroatoms. The molecule has 0 aliphatic rings. The zero-order chi connectivity index (χ0) is 9.14. The molecule has 1 aromatic heterocycles. The molecule has 0 saturated carbocycles. The third kappa shape index (κ3) is 1.63. The van der Waals surface area contributed by atoms with Crippen molar-refractivity contribution in [1.82, 2.24) is 4.98 Å². The second-order valence-electron chi connectivity index (χ2n) is 2.25. The van der Waals surface area contributed by atoms with Gasteiger partial charge in [0.05, 0.1) is 0 Å². The Morgan fingerprint density at radius 2 is 2.25 bits per heavy atom. The van der Waals surface area contributed by atoms with Crippen molar-refractivity contribution in [1.29, 1.82) is 0 Å². The second kappa shape index (κ2) is 3.08. The van der Waals surface area contributed by atoms with E-state index in [1.54, 1.807) is 0 Å². The maximum absolute atomic E-state index is 10.6. The molecule has 1 aromatic rings. The van der Waals surface area contributed by atoms with Crippen molar-refractivity contribution in [3.63, 3.8) is 0 Å². The average Bonchev–Trinajstić information content (AvgIpc) is 2.33. The van der Waals surface area contributed by atoms with E-state index in [9.17, 15) is 9.59 Å². The van der Waals surface area contributed by atoms with Gasteiger partial charge in [0, 0.05) is 13.1 Å². The van der Waals surface area contributed by atoms with Gasteiger partial charge < -0.3 is 15.4 Å². The van der Waals surface area contributed by atoms with Crippen LogP contribution in [0.5, 0.6) is 0 Å². The van der Waals surface area contributed by atoms with E-state index in [1.807, 2.05) is 0 Å². The zero-order valence-corrected chi connectivity index (χ0v) is 6.42. The van der Waals surface area contributed by atoms with Crippen LogP contribution < -0.4 is 5.32 Å². The first-order chi connectivity index (χ1) is 5.61. The molecule has 0 atom stereocenters. The number of aromatic amines is 1. The molecule has 0 fully saturated rings. The molecule has 0 saturated heterocycles. The van der Waals surface area contributed by atoms with E-state index in [1.165, 1.54) is 19.2 Å². The van der Waals surface area contributed by atoms with E-state index < -0.39 is 5.97 Å². The van der Waals surface area contributed by atoms with Crippen molar-refractivity contribution in [3.8, 4) is 0 Å². The fraction of sp³-hybridized carbons (Fsp3) is 0.143. The summed E-state index contributed by atoms with van der Waals surface area (Å²) < 4.78 is 0. The lowest BCUT2D eigenvalue weighted by Gasteiger charge is -1.98. The van der Waals surface area contributed by atoms with Crippen LogP contribution in [0.25, 0.3) is 0 Å². The Morgan fingerprint density at radius 3 is 2.75 bits per heavy atom. The smallest absolute Gasteiger partial charge is 0.339 e. The number of amides is 1. The van der Waals surface area contributed by atoms with E-state index >= 15 is 0 Å². The van der Waals surface area contributed by atoms with Crippen LogP contribution in [0.4, 0.5) is 5.82 Å². The van der Waals surface area contributed by atoms with Gasteiger partial charge in [-0.05, 0) is 6.07 Å². The summed E-state index contributed by atoms with van der Waals surface area (Å²) in [6, 6.07) is 1.38. The largest absolute Gasteiger partial charge is 0.478 e. The van der Waals surface area contributed by atoms with Gasteiger partial charge in [-0.25, -0.2) is 4.79 Å². The Balaban J connectivity index is 2.91. The van der Waals surface area contributed by atoms with Crippen LogP contribution in [-0.4, -0.2) is 22.0 Å². The molecule has 12 heavy (non-hydrogen) atoms. The number of carbonyl (C=O) groups is 2. The number of aromatic carboxylic acids is 1. The van der Waals surface area contributed by atoms with Crippen molar-refractivity contribution in [2.24, 2.45) is 0 Å². The predicted octanol–water partition coefficient (Wildman–Crippen LogP) is 0.671. The summed E-state index contributed by atoms with van der Waals surface area (Å²) >= 11 is 0. The molecule has 0 unspecified atom stereocenters. The van der Waals surface area contributed by atoms with E-state index in [-0.39, 0.29) is 17.3 Å². The van der Waals surface area contributed by atoms with Crippen LogP contribution in [0.2, 0.25) is 0 Å². The first-order valence-electron chi connectivity index (χ1n) is 3.29. The van der Waals surface area contributed by atoms with Gasteiger partial charge in [-0.2, -0.15) is 0 Å². The third-order valence-electron chi connectivity index (χ3n) is 1.28. The second-order valence-corrected chi connectivity index (χ2v) is 2.25. The van der Waals surface area contributed by atoms with E-state index in [4.69, 9.17) is 5.11 Å². The van der Waals surface area contributed by atoms with Crippen molar-refractivity contribution in [2.45, 2.75) is 6.92 Å². The van der Waals surface area contributed by atoms with Gasteiger partial charge in [0.25, 0.3) is 0 Å². The Labute approximate surface area is 68.4 Å². The number of hydrogen-bond donors (Lipinski definition) is 3. The molecule has 0 radical (unpaired) electrons. The molecule has 64 valence electrons. The molecule has 0 aliphatic carbocycles. The number of carboxylic acids is 1. The lowest BCUT2D eigenvalue weighted by Crippen LogP contribution is -2.09. The molecule has 1 amide bonds. The zero-order valence-electron chi connectivity index (χ0n) is 6.42. The molecule has 1 rings (SSSR count).